The predicted octanol–water partition coefficient (Wildman–Crippen LogP) is 1.97. The first kappa shape index (κ1) is 9.30. The topological polar surface area (TPSA) is 20.3 Å². The van der Waals surface area contributed by atoms with Crippen molar-refractivity contribution in [3.63, 3.8) is 0 Å². The standard InChI is InChI=1S/C10H17NO/c1-10(6-5-9-12)11-7-3-2-4-8-11/h6,9H,2-5,7-8H2,1H3/b10-6+. The largest absolute Gasteiger partial charge is 0.375 e. The van der Waals surface area contributed by atoms with Gasteiger partial charge in [0.2, 0.25) is 0 Å². The number of piperidine rings is 1. The maximum atomic E-state index is 10.1. The Morgan fingerprint density at radius 2 is 2.00 bits per heavy atom. The summed E-state index contributed by atoms with van der Waals surface area (Å²) in [7, 11) is 0. The third-order valence-corrected chi connectivity index (χ3v) is 2.36. The summed E-state index contributed by atoms with van der Waals surface area (Å²) in [5.74, 6) is 0. The Morgan fingerprint density at radius 1 is 1.33 bits per heavy atom. The van der Waals surface area contributed by atoms with Gasteiger partial charge < -0.3 is 9.69 Å². The molecule has 1 heterocycles. The number of likely N-dealkylation sites (tertiary alicyclic amines) is 1. The van der Waals surface area contributed by atoms with Gasteiger partial charge in [-0.05, 0) is 26.2 Å². The lowest BCUT2D eigenvalue weighted by molar-refractivity contribution is -0.107. The molecule has 1 rings (SSSR count). The van der Waals surface area contributed by atoms with Crippen molar-refractivity contribution < 1.29 is 4.79 Å². The Kier molecular flexibility index (Phi) is 3.85. The summed E-state index contributed by atoms with van der Waals surface area (Å²) < 4.78 is 0. The molecule has 1 fully saturated rings. The van der Waals surface area contributed by atoms with E-state index in [0.29, 0.717) is 6.42 Å². The Hall–Kier alpha value is -0.790. The zero-order valence-corrected chi connectivity index (χ0v) is 7.75. The Morgan fingerprint density at radius 3 is 2.58 bits per heavy atom. The van der Waals surface area contributed by atoms with Crippen LogP contribution in [0.4, 0.5) is 0 Å². The molecule has 0 aromatic rings. The minimum Gasteiger partial charge on any atom is -0.375 e. The van der Waals surface area contributed by atoms with Crippen LogP contribution in [0.3, 0.4) is 0 Å². The van der Waals surface area contributed by atoms with Crippen molar-refractivity contribution >= 4 is 6.29 Å². The molecule has 0 radical (unpaired) electrons. The lowest BCUT2D eigenvalue weighted by atomic mass is 10.1. The van der Waals surface area contributed by atoms with Crippen molar-refractivity contribution in [1.29, 1.82) is 0 Å². The van der Waals surface area contributed by atoms with Gasteiger partial charge in [-0.1, -0.05) is 6.08 Å². The van der Waals surface area contributed by atoms with Crippen LogP contribution in [0.15, 0.2) is 11.8 Å². The molecular formula is C10H17NO. The van der Waals surface area contributed by atoms with Crippen LogP contribution in [0.2, 0.25) is 0 Å². The predicted molar refractivity (Wildman–Crippen MR) is 49.9 cm³/mol. The average molecular weight is 167 g/mol. The summed E-state index contributed by atoms with van der Waals surface area (Å²) in [4.78, 5) is 12.5. The van der Waals surface area contributed by atoms with Gasteiger partial charge in [-0.2, -0.15) is 0 Å². The molecule has 0 spiro atoms. The van der Waals surface area contributed by atoms with Crippen molar-refractivity contribution in [2.24, 2.45) is 0 Å². The van der Waals surface area contributed by atoms with E-state index in [9.17, 15) is 4.79 Å². The molecule has 1 saturated heterocycles. The first-order chi connectivity index (χ1) is 5.84. The maximum absolute atomic E-state index is 10.1. The van der Waals surface area contributed by atoms with Gasteiger partial charge in [-0.25, -0.2) is 0 Å². The van der Waals surface area contributed by atoms with E-state index in [2.05, 4.69) is 11.8 Å². The van der Waals surface area contributed by atoms with E-state index >= 15 is 0 Å². The average Bonchev–Trinajstić information content (AvgIpc) is 2.15. The van der Waals surface area contributed by atoms with Crippen LogP contribution in [0.1, 0.15) is 32.6 Å². The highest BCUT2D eigenvalue weighted by Gasteiger charge is 2.08. The van der Waals surface area contributed by atoms with Crippen molar-refractivity contribution in [3.8, 4) is 0 Å². The van der Waals surface area contributed by atoms with Crippen LogP contribution < -0.4 is 0 Å². The molecule has 0 aromatic heterocycles. The summed E-state index contributed by atoms with van der Waals surface area (Å²) in [6, 6.07) is 0. The van der Waals surface area contributed by atoms with Gasteiger partial charge in [0.1, 0.15) is 6.29 Å². The quantitative estimate of drug-likeness (QED) is 0.599. The molecule has 2 heteroatoms. The second-order valence-corrected chi connectivity index (χ2v) is 3.30. The molecule has 1 aliphatic rings. The Balaban J connectivity index is 2.38. The number of aldehydes is 1. The number of carbonyl (C=O) groups is 1. The van der Waals surface area contributed by atoms with Crippen molar-refractivity contribution in [2.75, 3.05) is 13.1 Å². The van der Waals surface area contributed by atoms with E-state index in [-0.39, 0.29) is 0 Å². The van der Waals surface area contributed by atoms with Gasteiger partial charge in [-0.3, -0.25) is 0 Å². The van der Waals surface area contributed by atoms with Gasteiger partial charge in [0.05, 0.1) is 0 Å². The summed E-state index contributed by atoms with van der Waals surface area (Å²) in [6.07, 6.45) is 7.48. The SMILES string of the molecule is C/C(=C\CC=O)N1CCCCC1. The molecule has 1 aliphatic heterocycles. The summed E-state index contributed by atoms with van der Waals surface area (Å²) in [6.45, 7) is 4.43. The van der Waals surface area contributed by atoms with E-state index in [1.54, 1.807) is 0 Å². The fourth-order valence-electron chi connectivity index (χ4n) is 1.59. The number of carbonyl (C=O) groups excluding carboxylic acids is 1. The Bertz CT molecular complexity index is 169. The van der Waals surface area contributed by atoms with Crippen molar-refractivity contribution in [3.05, 3.63) is 11.8 Å². The highest BCUT2D eigenvalue weighted by atomic mass is 16.1. The first-order valence-corrected chi connectivity index (χ1v) is 4.70. The zero-order valence-electron chi connectivity index (χ0n) is 7.75. The smallest absolute Gasteiger partial charge is 0.123 e. The normalized spacial score (nSPS) is 19.4. The lowest BCUT2D eigenvalue weighted by Crippen LogP contribution is -2.27. The molecule has 0 saturated carbocycles. The van der Waals surface area contributed by atoms with E-state index in [1.807, 2.05) is 6.08 Å². The first-order valence-electron chi connectivity index (χ1n) is 4.70. The number of nitrogens with zero attached hydrogens (tertiary/aromatic N) is 1. The molecule has 0 unspecified atom stereocenters. The van der Waals surface area contributed by atoms with Crippen LogP contribution in [-0.2, 0) is 4.79 Å². The zero-order chi connectivity index (χ0) is 8.81. The fourth-order valence-corrected chi connectivity index (χ4v) is 1.59. The van der Waals surface area contributed by atoms with Gasteiger partial charge in [0.25, 0.3) is 0 Å². The third-order valence-electron chi connectivity index (χ3n) is 2.36. The summed E-state index contributed by atoms with van der Waals surface area (Å²) in [5, 5.41) is 0. The molecule has 68 valence electrons. The molecule has 12 heavy (non-hydrogen) atoms. The molecule has 0 amide bonds. The third kappa shape index (κ3) is 2.68. The second kappa shape index (κ2) is 4.96. The number of hydrogen-bond donors (Lipinski definition) is 0. The minimum absolute atomic E-state index is 0.558. The molecule has 2 nitrogen and oxygen atoms in total. The van der Waals surface area contributed by atoms with E-state index in [0.717, 1.165) is 6.29 Å². The summed E-state index contributed by atoms with van der Waals surface area (Å²) >= 11 is 0. The van der Waals surface area contributed by atoms with E-state index in [1.165, 1.54) is 38.0 Å². The van der Waals surface area contributed by atoms with Gasteiger partial charge in [0.15, 0.2) is 0 Å². The fraction of sp³-hybridized carbons (Fsp3) is 0.700. The van der Waals surface area contributed by atoms with Gasteiger partial charge >= 0.3 is 0 Å². The molecule has 0 N–H and O–H groups in total. The van der Waals surface area contributed by atoms with Crippen LogP contribution in [0.5, 0.6) is 0 Å². The van der Waals surface area contributed by atoms with Crippen molar-refractivity contribution in [2.45, 2.75) is 32.6 Å². The van der Waals surface area contributed by atoms with Crippen LogP contribution in [-0.4, -0.2) is 24.3 Å². The minimum atomic E-state index is 0.558. The molecular weight excluding hydrogens is 150 g/mol. The molecule has 0 bridgehead atoms. The molecule has 0 aliphatic carbocycles. The Labute approximate surface area is 74.2 Å². The summed E-state index contributed by atoms with van der Waals surface area (Å²) in [5.41, 5.74) is 1.27. The van der Waals surface area contributed by atoms with Crippen LogP contribution in [0, 0.1) is 0 Å². The van der Waals surface area contributed by atoms with E-state index < -0.39 is 0 Å². The number of hydrogen-bond acceptors (Lipinski definition) is 2. The maximum Gasteiger partial charge on any atom is 0.123 e. The van der Waals surface area contributed by atoms with Crippen LogP contribution in [0.25, 0.3) is 0 Å². The second-order valence-electron chi connectivity index (χ2n) is 3.30. The molecule has 0 aromatic carbocycles. The van der Waals surface area contributed by atoms with Gasteiger partial charge in [-0.15, -0.1) is 0 Å². The molecule has 0 atom stereocenters. The van der Waals surface area contributed by atoms with Crippen molar-refractivity contribution in [1.82, 2.24) is 4.90 Å². The number of rotatable bonds is 3. The lowest BCUT2D eigenvalue weighted by Gasteiger charge is -2.29. The van der Waals surface area contributed by atoms with Gasteiger partial charge in [0, 0.05) is 25.2 Å². The highest BCUT2D eigenvalue weighted by Crippen LogP contribution is 2.13. The monoisotopic (exact) mass is 167 g/mol. The highest BCUT2D eigenvalue weighted by molar-refractivity contribution is 5.52. The number of allylic oxidation sites excluding steroid dienone is 2. The van der Waals surface area contributed by atoms with E-state index in [4.69, 9.17) is 0 Å². The van der Waals surface area contributed by atoms with Crippen LogP contribution >= 0.6 is 0 Å².